The fourth-order valence-corrected chi connectivity index (χ4v) is 5.78. The summed E-state index contributed by atoms with van der Waals surface area (Å²) >= 11 is 1.66. The van der Waals surface area contributed by atoms with E-state index in [2.05, 4.69) is 58.2 Å². The number of esters is 1. The van der Waals surface area contributed by atoms with Crippen LogP contribution in [0, 0.1) is 6.92 Å². The predicted molar refractivity (Wildman–Crippen MR) is 151 cm³/mol. The predicted octanol–water partition coefficient (Wildman–Crippen LogP) is 2.18. The first-order valence-electron chi connectivity index (χ1n) is 13.1. The average molecular weight is 542 g/mol. The number of aryl methyl sites for hydroxylation is 1. The van der Waals surface area contributed by atoms with Crippen LogP contribution in [0.15, 0.2) is 29.7 Å². The average Bonchev–Trinajstić information content (AvgIpc) is 3.16. The lowest BCUT2D eigenvalue weighted by atomic mass is 10.0. The van der Waals surface area contributed by atoms with Crippen LogP contribution in [0.5, 0.6) is 0 Å². The third-order valence-corrected chi connectivity index (χ3v) is 8.49. The number of carbonyl (C=O) groups is 1. The molecule has 0 radical (unpaired) electrons. The molecule has 0 amide bonds. The number of fused-ring (bicyclic) bond motifs is 1. The summed E-state index contributed by atoms with van der Waals surface area (Å²) < 4.78 is 9.97. The molecule has 1 atom stereocenters. The van der Waals surface area contributed by atoms with Crippen molar-refractivity contribution < 1.29 is 9.53 Å². The van der Waals surface area contributed by atoms with Crippen molar-refractivity contribution in [2.45, 2.75) is 57.7 Å². The largest absolute Gasteiger partial charge is 0.462 e. The topological polar surface area (TPSA) is 116 Å². The standard InChI is InChI=1S/C26H39N9O2S/c1-7-34(25(3,4)16-37-24(36)26(27)8-9-26)15-19-10-21(38-33(19)6)31-22-23-28-12-20(18-11-29-32(5)14-18)35(23)13-17(2)30-22/h10-13,19,29H,7-9,14-16,27H2,1-6H3,(H,30,31). The Bertz CT molecular complexity index is 1280. The van der Waals surface area contributed by atoms with Gasteiger partial charge in [-0.15, -0.1) is 0 Å². The number of hydrazine groups is 1. The number of anilines is 1. The summed E-state index contributed by atoms with van der Waals surface area (Å²) in [7, 11) is 4.11. The summed E-state index contributed by atoms with van der Waals surface area (Å²) in [6, 6.07) is 0.170. The van der Waals surface area contributed by atoms with Gasteiger partial charge in [-0.1, -0.05) is 6.92 Å². The lowest BCUT2D eigenvalue weighted by Gasteiger charge is -2.39. The molecule has 4 heterocycles. The minimum atomic E-state index is -0.759. The molecule has 2 aromatic rings. The fourth-order valence-electron chi connectivity index (χ4n) is 4.85. The van der Waals surface area contributed by atoms with Crippen molar-refractivity contribution in [2.24, 2.45) is 5.73 Å². The molecule has 206 valence electrons. The molecule has 38 heavy (non-hydrogen) atoms. The monoisotopic (exact) mass is 541 g/mol. The molecule has 0 bridgehead atoms. The van der Waals surface area contributed by atoms with Crippen LogP contribution in [0.1, 0.15) is 45.0 Å². The molecule has 11 nitrogen and oxygen atoms in total. The summed E-state index contributed by atoms with van der Waals surface area (Å²) in [5.41, 5.74) is 12.1. The van der Waals surface area contributed by atoms with E-state index in [9.17, 15) is 4.79 Å². The Morgan fingerprint density at radius 3 is 2.82 bits per heavy atom. The molecule has 4 N–H and O–H groups in total. The molecule has 12 heteroatoms. The van der Waals surface area contributed by atoms with Crippen molar-refractivity contribution in [1.82, 2.24) is 34.0 Å². The Morgan fingerprint density at radius 2 is 2.16 bits per heavy atom. The zero-order chi connectivity index (χ0) is 27.2. The quantitative estimate of drug-likeness (QED) is 0.304. The number of nitrogens with one attached hydrogen (secondary N) is 2. The van der Waals surface area contributed by atoms with Crippen molar-refractivity contribution in [2.75, 3.05) is 45.7 Å². The van der Waals surface area contributed by atoms with E-state index in [1.54, 1.807) is 11.9 Å². The van der Waals surface area contributed by atoms with E-state index >= 15 is 0 Å². The van der Waals surface area contributed by atoms with Crippen LogP contribution < -0.4 is 16.5 Å². The minimum Gasteiger partial charge on any atom is -0.462 e. The molecule has 2 aromatic heterocycles. The zero-order valence-electron chi connectivity index (χ0n) is 23.1. The summed E-state index contributed by atoms with van der Waals surface area (Å²) in [6.07, 6.45) is 9.60. The summed E-state index contributed by atoms with van der Waals surface area (Å²) in [5, 5.41) is 6.58. The highest BCUT2D eigenvalue weighted by atomic mass is 32.2. The Labute approximate surface area is 228 Å². The lowest BCUT2D eigenvalue weighted by Crippen LogP contribution is -2.52. The lowest BCUT2D eigenvalue weighted by molar-refractivity contribution is -0.150. The van der Waals surface area contributed by atoms with Crippen molar-refractivity contribution in [3.8, 4) is 0 Å². The molecule has 5 rings (SSSR count). The van der Waals surface area contributed by atoms with E-state index < -0.39 is 5.54 Å². The number of hydrogen-bond acceptors (Lipinski definition) is 11. The second-order valence-corrected chi connectivity index (χ2v) is 12.4. The van der Waals surface area contributed by atoms with Gasteiger partial charge in [0, 0.05) is 43.6 Å². The molecule has 3 aliphatic rings. The second kappa shape index (κ2) is 10.2. The summed E-state index contributed by atoms with van der Waals surface area (Å²) in [4.78, 5) is 24.1. The van der Waals surface area contributed by atoms with Gasteiger partial charge >= 0.3 is 5.97 Å². The fraction of sp³-hybridized carbons (Fsp3) is 0.577. The van der Waals surface area contributed by atoms with Crippen molar-refractivity contribution in [3.63, 3.8) is 0 Å². The minimum absolute atomic E-state index is 0.170. The SMILES string of the molecule is CCN(CC1C=C(Nc2nc(C)cn3c(C4=CNN(C)C4)cnc23)SN1C)C(C)(C)COC(=O)C1(N)CC1. The van der Waals surface area contributed by atoms with Crippen LogP contribution in [0.25, 0.3) is 11.2 Å². The van der Waals surface area contributed by atoms with Crippen LogP contribution >= 0.6 is 11.9 Å². The third-order valence-electron chi connectivity index (χ3n) is 7.50. The molecular formula is C26H39N9O2S. The van der Waals surface area contributed by atoms with E-state index in [4.69, 9.17) is 20.4 Å². The van der Waals surface area contributed by atoms with Crippen LogP contribution in [0.3, 0.4) is 0 Å². The van der Waals surface area contributed by atoms with Crippen LogP contribution in [-0.2, 0) is 9.53 Å². The van der Waals surface area contributed by atoms with Gasteiger partial charge in [-0.05, 0) is 65.2 Å². The van der Waals surface area contributed by atoms with Gasteiger partial charge in [-0.3, -0.25) is 14.1 Å². The third kappa shape index (κ3) is 5.41. The normalized spacial score (nSPS) is 21.5. The molecule has 1 aliphatic carbocycles. The molecule has 1 unspecified atom stereocenters. The van der Waals surface area contributed by atoms with E-state index in [1.807, 2.05) is 37.6 Å². The molecule has 1 saturated carbocycles. The first kappa shape index (κ1) is 26.9. The number of nitrogens with two attached hydrogens (primary N) is 1. The van der Waals surface area contributed by atoms with Crippen LogP contribution in [0.4, 0.5) is 5.82 Å². The van der Waals surface area contributed by atoms with Crippen molar-refractivity contribution in [1.29, 1.82) is 0 Å². The van der Waals surface area contributed by atoms with Crippen LogP contribution in [0.2, 0.25) is 0 Å². The number of nitrogens with zero attached hydrogens (tertiary/aromatic N) is 6. The Morgan fingerprint density at radius 1 is 1.39 bits per heavy atom. The number of aromatic nitrogens is 3. The Balaban J connectivity index is 1.29. The van der Waals surface area contributed by atoms with Gasteiger partial charge in [0.05, 0.1) is 28.7 Å². The first-order valence-corrected chi connectivity index (χ1v) is 13.9. The number of imidazole rings is 1. The zero-order valence-corrected chi connectivity index (χ0v) is 23.9. The Hall–Kier alpha value is -2.64. The number of carbonyl (C=O) groups excluding carboxylic acids is 1. The maximum Gasteiger partial charge on any atom is 0.326 e. The summed E-state index contributed by atoms with van der Waals surface area (Å²) in [6.45, 7) is 11.1. The van der Waals surface area contributed by atoms with Gasteiger partial charge in [0.2, 0.25) is 0 Å². The van der Waals surface area contributed by atoms with E-state index in [-0.39, 0.29) is 17.6 Å². The van der Waals surface area contributed by atoms with Gasteiger partial charge in [0.1, 0.15) is 12.1 Å². The molecule has 2 aliphatic heterocycles. The highest BCUT2D eigenvalue weighted by molar-refractivity contribution is 8.01. The highest BCUT2D eigenvalue weighted by Gasteiger charge is 2.48. The van der Waals surface area contributed by atoms with E-state index in [1.165, 1.54) is 5.57 Å². The van der Waals surface area contributed by atoms with Crippen molar-refractivity contribution in [3.05, 3.63) is 41.1 Å². The first-order chi connectivity index (χ1) is 18.0. The van der Waals surface area contributed by atoms with Gasteiger partial charge in [-0.25, -0.2) is 19.3 Å². The number of rotatable bonds is 10. The second-order valence-electron chi connectivity index (χ2n) is 11.2. The summed E-state index contributed by atoms with van der Waals surface area (Å²) in [5.74, 6) is 0.451. The van der Waals surface area contributed by atoms with Gasteiger partial charge < -0.3 is 21.2 Å². The maximum absolute atomic E-state index is 12.3. The van der Waals surface area contributed by atoms with Crippen molar-refractivity contribution >= 4 is 35.0 Å². The smallest absolute Gasteiger partial charge is 0.326 e. The number of likely N-dealkylation sites (N-methyl/N-ethyl adjacent to an activating group) is 3. The van der Waals surface area contributed by atoms with Gasteiger partial charge in [-0.2, -0.15) is 0 Å². The molecule has 1 fully saturated rings. The molecule has 0 saturated heterocycles. The number of ether oxygens (including phenoxy) is 1. The Kier molecular flexibility index (Phi) is 7.20. The molecule has 0 aromatic carbocycles. The van der Waals surface area contributed by atoms with Crippen LogP contribution in [-0.4, -0.2) is 92.0 Å². The van der Waals surface area contributed by atoms with Gasteiger partial charge in [0.15, 0.2) is 11.5 Å². The highest BCUT2D eigenvalue weighted by Crippen LogP contribution is 2.35. The van der Waals surface area contributed by atoms with E-state index in [0.717, 1.165) is 47.5 Å². The molecule has 0 spiro atoms. The number of hydrogen-bond donors (Lipinski definition) is 3. The van der Waals surface area contributed by atoms with Gasteiger partial charge in [0.25, 0.3) is 0 Å². The maximum atomic E-state index is 12.3. The van der Waals surface area contributed by atoms with E-state index in [0.29, 0.717) is 19.4 Å². The molecular weight excluding hydrogens is 502 g/mol.